The molecule has 4 aromatic carbocycles. The van der Waals surface area contributed by atoms with Crippen LogP contribution in [0.1, 0.15) is 163 Å². The summed E-state index contributed by atoms with van der Waals surface area (Å²) in [5.41, 5.74) is 4.40. The summed E-state index contributed by atoms with van der Waals surface area (Å²) < 4.78 is 53.2. The molecule has 0 fully saturated rings. The van der Waals surface area contributed by atoms with Crippen LogP contribution in [0.4, 0.5) is 28.9 Å². The van der Waals surface area contributed by atoms with Crippen molar-refractivity contribution in [2.45, 2.75) is 152 Å². The second-order valence-corrected chi connectivity index (χ2v) is 23.1. The third kappa shape index (κ3) is 23.4. The number of hydrogen-bond donors (Lipinski definition) is 2. The number of benzene rings is 4. The van der Waals surface area contributed by atoms with Gasteiger partial charge in [0.1, 0.15) is 34.8 Å². The maximum absolute atomic E-state index is 13.3. The van der Waals surface area contributed by atoms with E-state index in [1.807, 2.05) is 78.8 Å². The van der Waals surface area contributed by atoms with Gasteiger partial charge in [-0.1, -0.05) is 135 Å². The summed E-state index contributed by atoms with van der Waals surface area (Å²) in [6, 6.07) is 13.9. The molecule has 2 N–H and O–H groups in total. The average molecular weight is 992 g/mol. The summed E-state index contributed by atoms with van der Waals surface area (Å²) in [6.45, 7) is 40.6. The van der Waals surface area contributed by atoms with Crippen molar-refractivity contribution in [1.29, 1.82) is 0 Å². The molecule has 0 aliphatic carbocycles. The molecule has 0 aliphatic rings. The van der Waals surface area contributed by atoms with E-state index in [-0.39, 0.29) is 44.5 Å². The number of phenols is 2. The number of nitrogens with zero attached hydrogens (tertiary/aromatic N) is 2. The van der Waals surface area contributed by atoms with Gasteiger partial charge in [-0.3, -0.25) is 9.98 Å². The first kappa shape index (κ1) is 62.3. The molecule has 0 aliphatic heterocycles. The molecule has 11 heteroatoms. The van der Waals surface area contributed by atoms with Crippen LogP contribution in [0.3, 0.4) is 0 Å². The molecule has 0 unspecified atom stereocenters. The zero-order chi connectivity index (χ0) is 51.4. The monoisotopic (exact) mass is 990 g/mol. The quantitative estimate of drug-likeness (QED) is 0.0759. The molecule has 66 heavy (non-hydrogen) atoms. The second kappa shape index (κ2) is 28.6. The van der Waals surface area contributed by atoms with Crippen LogP contribution in [0.2, 0.25) is 0 Å². The van der Waals surface area contributed by atoms with Crippen LogP contribution >= 0.6 is 18.6 Å². The van der Waals surface area contributed by atoms with Crippen molar-refractivity contribution in [3.05, 3.63) is 143 Å². The van der Waals surface area contributed by atoms with Gasteiger partial charge in [0.2, 0.25) is 0 Å². The SMILES string of the molecule is C=CC.C=CC[C@H](C)C[C@@H](C)CC.CC(C)(C)c1cc(C=Nc2cc(F)cc(F)c2)c(O)c(C(C)(C)C)c1.CC(C)(C)c1cc(C=Nc2cc(F)cc(F)c2)c(O)c(C(C)(C)C)c1.[Cl][Ti][Cl]. The third-order valence-electron chi connectivity index (χ3n) is 10.1. The minimum absolute atomic E-state index is 0.110. The first-order valence-electron chi connectivity index (χ1n) is 22.2. The number of halogens is 6. The van der Waals surface area contributed by atoms with Crippen molar-refractivity contribution in [2.24, 2.45) is 21.8 Å². The molecular weight excluding hydrogens is 915 g/mol. The molecule has 364 valence electrons. The summed E-state index contributed by atoms with van der Waals surface area (Å²) in [4.78, 5) is 8.28. The van der Waals surface area contributed by atoms with E-state index in [1.165, 1.54) is 31.7 Å². The number of phenolic OH excluding ortho intramolecular Hbond substituents is 2. The molecule has 0 amide bonds. The topological polar surface area (TPSA) is 65.2 Å². The fraction of sp³-hybridized carbons (Fsp3) is 0.455. The molecule has 0 radical (unpaired) electrons. The van der Waals surface area contributed by atoms with Gasteiger partial charge in [0, 0.05) is 46.8 Å². The van der Waals surface area contributed by atoms with Gasteiger partial charge in [0.15, 0.2) is 0 Å². The zero-order valence-electron chi connectivity index (χ0n) is 42.3. The predicted molar refractivity (Wildman–Crippen MR) is 274 cm³/mol. The van der Waals surface area contributed by atoms with Gasteiger partial charge < -0.3 is 10.2 Å². The van der Waals surface area contributed by atoms with Crippen LogP contribution in [0.25, 0.3) is 0 Å². The molecule has 0 heterocycles. The number of aromatic hydroxyl groups is 2. The number of aliphatic imine (C=N–C) groups is 2. The predicted octanol–water partition coefficient (Wildman–Crippen LogP) is 18.2. The van der Waals surface area contributed by atoms with E-state index in [1.54, 1.807) is 6.08 Å². The van der Waals surface area contributed by atoms with Gasteiger partial charge in [-0.15, -0.1) is 13.2 Å². The van der Waals surface area contributed by atoms with Gasteiger partial charge in [-0.25, -0.2) is 17.6 Å². The van der Waals surface area contributed by atoms with Crippen molar-refractivity contribution in [3.63, 3.8) is 0 Å². The van der Waals surface area contributed by atoms with Gasteiger partial charge in [0.05, 0.1) is 11.4 Å². The van der Waals surface area contributed by atoms with E-state index in [0.29, 0.717) is 11.1 Å². The average Bonchev–Trinajstić information content (AvgIpc) is 3.15. The zero-order valence-corrected chi connectivity index (χ0v) is 45.4. The Labute approximate surface area is 412 Å². The number of allylic oxidation sites excluding steroid dienone is 2. The Kier molecular flexibility index (Phi) is 27.0. The fourth-order valence-corrected chi connectivity index (χ4v) is 6.27. The van der Waals surface area contributed by atoms with E-state index in [9.17, 15) is 27.8 Å². The fourth-order valence-electron chi connectivity index (χ4n) is 6.27. The Balaban J connectivity index is 0.000000970. The first-order valence-corrected chi connectivity index (χ1v) is 26.5. The molecule has 2 atom stereocenters. The van der Waals surface area contributed by atoms with E-state index in [0.717, 1.165) is 70.5 Å². The molecule has 4 aromatic rings. The summed E-state index contributed by atoms with van der Waals surface area (Å²) in [7, 11) is 9.78. The van der Waals surface area contributed by atoms with Crippen LogP contribution in [0, 0.1) is 35.1 Å². The Hall–Kier alpha value is -3.69. The number of hydrogen-bond acceptors (Lipinski definition) is 4. The van der Waals surface area contributed by atoms with Gasteiger partial charge in [-0.05, 0) is 101 Å². The van der Waals surface area contributed by atoms with Crippen LogP contribution in [-0.4, -0.2) is 22.6 Å². The Morgan fingerprint density at radius 2 is 0.879 bits per heavy atom. The second-order valence-electron chi connectivity index (χ2n) is 20.6. The van der Waals surface area contributed by atoms with Crippen LogP contribution < -0.4 is 0 Å². The van der Waals surface area contributed by atoms with E-state index >= 15 is 0 Å². The van der Waals surface area contributed by atoms with E-state index in [2.05, 4.69) is 85.5 Å². The molecule has 4 nitrogen and oxygen atoms in total. The molecule has 0 aromatic heterocycles. The van der Waals surface area contributed by atoms with Gasteiger partial charge in [0.25, 0.3) is 0 Å². The van der Waals surface area contributed by atoms with Crippen molar-refractivity contribution in [2.75, 3.05) is 0 Å². The molecule has 0 saturated heterocycles. The maximum atomic E-state index is 13.3. The molecular formula is C55H76Cl2F4N2O2Ti. The molecule has 4 rings (SSSR count). The first-order chi connectivity index (χ1) is 30.3. The molecule has 0 bridgehead atoms. The van der Waals surface area contributed by atoms with Gasteiger partial charge >= 0.3 is 35.6 Å². The van der Waals surface area contributed by atoms with Crippen LogP contribution in [-0.2, 0) is 38.7 Å². The minimum atomic E-state index is -0.685. The normalized spacial score (nSPS) is 12.6. The summed E-state index contributed by atoms with van der Waals surface area (Å²) in [6.07, 6.45) is 10.5. The van der Waals surface area contributed by atoms with Crippen LogP contribution in [0.15, 0.2) is 96.0 Å². The summed E-state index contributed by atoms with van der Waals surface area (Å²) >= 11 is -0.556. The number of rotatable bonds is 9. The molecule has 0 spiro atoms. The van der Waals surface area contributed by atoms with Gasteiger partial charge in [-0.2, -0.15) is 0 Å². The van der Waals surface area contributed by atoms with Crippen molar-refractivity contribution in [1.82, 2.24) is 0 Å². The standard InChI is InChI=1S/2C21H25F2NO.C10H20.C3H6.2ClH.Ti/c2*1-20(2,3)14-7-13(19(25)18(8-14)21(4,5)6)12-24-17-10-15(22)9-16(23)11-17;1-5-7-10(4)8-9(3)6-2;1-3-2;;;/h2*7-12,25H,1-6H3;5,9-10H,1,6-8H2,2-4H3;3H,1H2,2H3;2*1H;/q;;;;;;+2/p-2/t;;9-,10-;;;;/m..0..../s1. The summed E-state index contributed by atoms with van der Waals surface area (Å²) in [5, 5.41) is 21.3. The van der Waals surface area contributed by atoms with Crippen molar-refractivity contribution in [3.8, 4) is 11.5 Å². The van der Waals surface area contributed by atoms with Crippen molar-refractivity contribution >= 4 is 42.4 Å². The Morgan fingerprint density at radius 1 is 0.576 bits per heavy atom. The summed E-state index contributed by atoms with van der Waals surface area (Å²) in [5.74, 6) is -0.750. The Morgan fingerprint density at radius 3 is 1.12 bits per heavy atom. The van der Waals surface area contributed by atoms with Crippen LogP contribution in [0.5, 0.6) is 11.5 Å². The Bertz CT molecular complexity index is 2020. The van der Waals surface area contributed by atoms with E-state index < -0.39 is 40.3 Å². The van der Waals surface area contributed by atoms with Crippen molar-refractivity contribution < 1.29 is 44.8 Å². The molecule has 0 saturated carbocycles. The third-order valence-corrected chi connectivity index (χ3v) is 10.1. The van der Waals surface area contributed by atoms with E-state index in [4.69, 9.17) is 18.6 Å².